The first-order valence-corrected chi connectivity index (χ1v) is 8.05. The van der Waals surface area contributed by atoms with Crippen LogP contribution in [-0.2, 0) is 6.61 Å². The van der Waals surface area contributed by atoms with E-state index in [1.54, 1.807) is 11.3 Å². The van der Waals surface area contributed by atoms with Gasteiger partial charge in [0, 0.05) is 13.1 Å². The van der Waals surface area contributed by atoms with Crippen LogP contribution in [0.2, 0.25) is 0 Å². The topological polar surface area (TPSA) is 36.4 Å². The van der Waals surface area contributed by atoms with E-state index in [4.69, 9.17) is 4.98 Å². The molecule has 110 valence electrons. The monoisotopic (exact) mass is 284 g/mol. The van der Waals surface area contributed by atoms with E-state index in [1.165, 1.54) is 0 Å². The molecule has 0 aromatic carbocycles. The Kier molecular flexibility index (Phi) is 6.27. The lowest BCUT2D eigenvalue weighted by Gasteiger charge is -2.25. The van der Waals surface area contributed by atoms with Gasteiger partial charge < -0.3 is 10.0 Å². The van der Waals surface area contributed by atoms with Gasteiger partial charge in [-0.1, -0.05) is 39.0 Å². The van der Waals surface area contributed by atoms with Crippen molar-refractivity contribution < 1.29 is 5.11 Å². The van der Waals surface area contributed by atoms with Gasteiger partial charge in [0.1, 0.15) is 0 Å². The van der Waals surface area contributed by atoms with Gasteiger partial charge in [-0.05, 0) is 31.6 Å². The van der Waals surface area contributed by atoms with Crippen LogP contribution in [0.25, 0.3) is 0 Å². The Hall–Kier alpha value is -0.610. The van der Waals surface area contributed by atoms with Crippen molar-refractivity contribution in [1.82, 2.24) is 4.98 Å². The average Bonchev–Trinajstić information content (AvgIpc) is 2.80. The Bertz CT molecular complexity index is 389. The number of thiazole rings is 1. The summed E-state index contributed by atoms with van der Waals surface area (Å²) in [5.41, 5.74) is 1.08. The third kappa shape index (κ3) is 4.18. The molecule has 0 bridgehead atoms. The van der Waals surface area contributed by atoms with Gasteiger partial charge in [0.05, 0.1) is 17.2 Å². The zero-order valence-electron chi connectivity index (χ0n) is 13.1. The molecule has 1 N–H and O–H groups in total. The van der Waals surface area contributed by atoms with Crippen LogP contribution in [0.4, 0.5) is 5.13 Å². The van der Waals surface area contributed by atoms with Crippen LogP contribution >= 0.6 is 11.3 Å². The van der Waals surface area contributed by atoms with Crippen LogP contribution in [0.15, 0.2) is 0 Å². The summed E-state index contributed by atoms with van der Waals surface area (Å²) in [6, 6.07) is 0.475. The van der Waals surface area contributed by atoms with Crippen LogP contribution < -0.4 is 4.90 Å². The van der Waals surface area contributed by atoms with E-state index < -0.39 is 0 Å². The van der Waals surface area contributed by atoms with Gasteiger partial charge in [-0.2, -0.15) is 0 Å². The molecule has 0 radical (unpaired) electrons. The Morgan fingerprint density at radius 1 is 1.26 bits per heavy atom. The summed E-state index contributed by atoms with van der Waals surface area (Å²) >= 11 is 1.63. The number of aromatic nitrogens is 1. The van der Waals surface area contributed by atoms with Gasteiger partial charge in [0.25, 0.3) is 0 Å². The summed E-state index contributed by atoms with van der Waals surface area (Å²) in [7, 11) is 2.10. The van der Waals surface area contributed by atoms with Crippen molar-refractivity contribution in [2.45, 2.75) is 66.0 Å². The van der Waals surface area contributed by atoms with Crippen molar-refractivity contribution in [2.24, 2.45) is 5.92 Å². The average molecular weight is 284 g/mol. The number of nitrogens with zero attached hydrogens (tertiary/aromatic N) is 2. The lowest BCUT2D eigenvalue weighted by molar-refractivity contribution is 0.283. The van der Waals surface area contributed by atoms with Crippen molar-refractivity contribution in [3.05, 3.63) is 10.6 Å². The Balaban J connectivity index is 2.92. The molecule has 4 heteroatoms. The number of aliphatic hydroxyl groups excluding tert-OH is 1. The molecule has 0 aliphatic heterocycles. The molecule has 1 rings (SSSR count). The highest BCUT2D eigenvalue weighted by molar-refractivity contribution is 7.15. The molecular formula is C15H28N2OS. The highest BCUT2D eigenvalue weighted by atomic mass is 32.1. The van der Waals surface area contributed by atoms with Crippen molar-refractivity contribution in [1.29, 1.82) is 0 Å². The normalized spacial score (nSPS) is 14.7. The van der Waals surface area contributed by atoms with Gasteiger partial charge in [-0.25, -0.2) is 4.98 Å². The zero-order chi connectivity index (χ0) is 14.6. The first-order valence-electron chi connectivity index (χ1n) is 7.23. The van der Waals surface area contributed by atoms with Gasteiger partial charge in [0.2, 0.25) is 0 Å². The fourth-order valence-electron chi connectivity index (χ4n) is 2.22. The highest BCUT2D eigenvalue weighted by Crippen LogP contribution is 2.33. The van der Waals surface area contributed by atoms with E-state index in [2.05, 4.69) is 46.6 Å². The Morgan fingerprint density at radius 2 is 1.89 bits per heavy atom. The lowest BCUT2D eigenvalue weighted by atomic mass is 10.0. The number of rotatable bonds is 7. The molecular weight excluding hydrogens is 256 g/mol. The second-order valence-electron chi connectivity index (χ2n) is 5.86. The fraction of sp³-hybridized carbons (Fsp3) is 0.800. The van der Waals surface area contributed by atoms with E-state index >= 15 is 0 Å². The molecule has 0 saturated carbocycles. The first kappa shape index (κ1) is 16.4. The molecule has 2 atom stereocenters. The van der Waals surface area contributed by atoms with Gasteiger partial charge >= 0.3 is 0 Å². The number of hydrogen-bond donors (Lipinski definition) is 1. The third-order valence-electron chi connectivity index (χ3n) is 3.71. The quantitative estimate of drug-likeness (QED) is 0.821. The molecule has 0 aliphatic carbocycles. The van der Waals surface area contributed by atoms with Crippen molar-refractivity contribution in [3.8, 4) is 0 Å². The van der Waals surface area contributed by atoms with Crippen LogP contribution in [0.5, 0.6) is 0 Å². The fourth-order valence-corrected chi connectivity index (χ4v) is 3.33. The predicted octanol–water partition coefficient (Wildman–Crippen LogP) is 4.02. The molecule has 0 aliphatic rings. The van der Waals surface area contributed by atoms with Gasteiger partial charge in [0.15, 0.2) is 5.13 Å². The summed E-state index contributed by atoms with van der Waals surface area (Å²) < 4.78 is 0. The number of hydrogen-bond acceptors (Lipinski definition) is 4. The first-order chi connectivity index (χ1) is 8.90. The summed E-state index contributed by atoms with van der Waals surface area (Å²) in [6.07, 6.45) is 2.21. The predicted molar refractivity (Wildman–Crippen MR) is 84.1 cm³/mol. The molecule has 0 fully saturated rings. The van der Waals surface area contributed by atoms with Crippen molar-refractivity contribution in [3.63, 3.8) is 0 Å². The largest absolute Gasteiger partial charge is 0.391 e. The van der Waals surface area contributed by atoms with Crippen LogP contribution in [0.3, 0.4) is 0 Å². The van der Waals surface area contributed by atoms with Gasteiger partial charge in [-0.3, -0.25) is 0 Å². The summed E-state index contributed by atoms with van der Waals surface area (Å²) in [4.78, 5) is 8.03. The summed E-state index contributed by atoms with van der Waals surface area (Å²) in [5, 5.41) is 10.5. The minimum absolute atomic E-state index is 0.101. The summed E-state index contributed by atoms with van der Waals surface area (Å²) in [5.74, 6) is 1.10. The molecule has 1 aromatic heterocycles. The molecule has 3 nitrogen and oxygen atoms in total. The van der Waals surface area contributed by atoms with Gasteiger partial charge in [-0.15, -0.1) is 0 Å². The maximum absolute atomic E-state index is 9.49. The number of aliphatic hydroxyl groups is 1. The SMILES string of the molecule is CCC(C)c1nc(N(C)C(C)CC(C)C)sc1CO. The Labute approximate surface area is 121 Å². The van der Waals surface area contributed by atoms with E-state index in [0.717, 1.165) is 28.5 Å². The van der Waals surface area contributed by atoms with Crippen LogP contribution in [0.1, 0.15) is 63.9 Å². The van der Waals surface area contributed by atoms with Crippen molar-refractivity contribution in [2.75, 3.05) is 11.9 Å². The zero-order valence-corrected chi connectivity index (χ0v) is 13.9. The second kappa shape index (κ2) is 7.25. The minimum Gasteiger partial charge on any atom is -0.391 e. The molecule has 2 unspecified atom stereocenters. The van der Waals surface area contributed by atoms with Crippen LogP contribution in [0, 0.1) is 5.92 Å². The summed E-state index contributed by atoms with van der Waals surface area (Å²) in [6.45, 7) is 11.2. The third-order valence-corrected chi connectivity index (χ3v) is 4.86. The maximum Gasteiger partial charge on any atom is 0.185 e. The number of anilines is 1. The van der Waals surface area contributed by atoms with E-state index in [0.29, 0.717) is 17.9 Å². The standard InChI is InChI=1S/C15H28N2OS/c1-7-11(4)14-13(9-18)19-15(16-14)17(6)12(5)8-10(2)3/h10-12,18H,7-9H2,1-6H3. The smallest absolute Gasteiger partial charge is 0.185 e. The molecule has 0 amide bonds. The molecule has 0 saturated heterocycles. The lowest BCUT2D eigenvalue weighted by Crippen LogP contribution is -2.29. The highest BCUT2D eigenvalue weighted by Gasteiger charge is 2.20. The molecule has 1 aromatic rings. The van der Waals surface area contributed by atoms with E-state index in [1.807, 2.05) is 0 Å². The Morgan fingerprint density at radius 3 is 2.37 bits per heavy atom. The molecule has 19 heavy (non-hydrogen) atoms. The second-order valence-corrected chi connectivity index (χ2v) is 6.92. The van der Waals surface area contributed by atoms with Crippen molar-refractivity contribution >= 4 is 16.5 Å². The van der Waals surface area contributed by atoms with E-state index in [9.17, 15) is 5.11 Å². The van der Waals surface area contributed by atoms with Crippen LogP contribution in [-0.4, -0.2) is 23.2 Å². The maximum atomic E-state index is 9.49. The van der Waals surface area contributed by atoms with E-state index in [-0.39, 0.29) is 6.61 Å². The minimum atomic E-state index is 0.101. The molecule has 0 spiro atoms. The molecule has 1 heterocycles.